The van der Waals surface area contributed by atoms with Gasteiger partial charge < -0.3 is 28.9 Å². The largest absolute Gasteiger partial charge is 0.378 e. The van der Waals surface area contributed by atoms with E-state index in [4.69, 9.17) is 14.7 Å². The Morgan fingerprint density at radius 2 is 1.64 bits per heavy atom. The number of para-hydroxylation sites is 2. The number of nitrogens with zero attached hydrogens (tertiary/aromatic N) is 10. The Labute approximate surface area is 241 Å². The number of imidazole rings is 2. The highest BCUT2D eigenvalue weighted by molar-refractivity contribution is 5.85. The van der Waals surface area contributed by atoms with Crippen LogP contribution in [0.3, 0.4) is 0 Å². The second-order valence-electron chi connectivity index (χ2n) is 11.2. The number of halogens is 2. The maximum absolute atomic E-state index is 14.3. The van der Waals surface area contributed by atoms with E-state index in [1.807, 2.05) is 19.3 Å². The maximum Gasteiger partial charge on any atom is 0.320 e. The van der Waals surface area contributed by atoms with E-state index in [2.05, 4.69) is 21.9 Å². The minimum absolute atomic E-state index is 0.0564. The van der Waals surface area contributed by atoms with Gasteiger partial charge in [-0.25, -0.2) is 23.5 Å². The molecule has 0 spiro atoms. The fourth-order valence-electron chi connectivity index (χ4n) is 6.16. The molecule has 4 aromatic rings. The lowest BCUT2D eigenvalue weighted by molar-refractivity contribution is 0.109. The number of hydrogen-bond donors (Lipinski definition) is 0. The summed E-state index contributed by atoms with van der Waals surface area (Å²) in [6.45, 7) is 6.78. The van der Waals surface area contributed by atoms with Crippen molar-refractivity contribution in [2.45, 2.75) is 25.3 Å². The average Bonchev–Trinajstić information content (AvgIpc) is 3.64. The predicted octanol–water partition coefficient (Wildman–Crippen LogP) is 2.94. The molecule has 0 bridgehead atoms. The number of carbonyl (C=O) groups excluding carboxylic acids is 1. The zero-order valence-corrected chi connectivity index (χ0v) is 23.6. The first-order valence-corrected chi connectivity index (χ1v) is 14.5. The summed E-state index contributed by atoms with van der Waals surface area (Å²) < 4.78 is 37.7. The fraction of sp³-hybridized carbons (Fsp3) is 0.536. The lowest BCUT2D eigenvalue weighted by atomic mass is 10.1. The average molecular weight is 581 g/mol. The van der Waals surface area contributed by atoms with Gasteiger partial charge in [0, 0.05) is 58.4 Å². The monoisotopic (exact) mass is 580 g/mol. The molecular formula is C28H34F2N10O2. The molecular weight excluding hydrogens is 546 g/mol. The molecule has 0 aliphatic carbocycles. The summed E-state index contributed by atoms with van der Waals surface area (Å²) in [5.41, 5.74) is 2.02. The molecule has 12 nitrogen and oxygen atoms in total. The van der Waals surface area contributed by atoms with Gasteiger partial charge in [-0.2, -0.15) is 9.97 Å². The summed E-state index contributed by atoms with van der Waals surface area (Å²) in [4.78, 5) is 40.0. The quantitative estimate of drug-likeness (QED) is 0.363. The molecule has 6 heterocycles. The Kier molecular flexibility index (Phi) is 7.10. The number of alkyl halides is 2. The van der Waals surface area contributed by atoms with Gasteiger partial charge in [0.25, 0.3) is 6.43 Å². The number of carbonyl (C=O) groups is 1. The summed E-state index contributed by atoms with van der Waals surface area (Å²) in [5, 5.41) is 0. The summed E-state index contributed by atoms with van der Waals surface area (Å²) in [6.07, 6.45) is 0.412. The van der Waals surface area contributed by atoms with Gasteiger partial charge in [0.15, 0.2) is 22.8 Å². The van der Waals surface area contributed by atoms with Crippen molar-refractivity contribution in [3.63, 3.8) is 0 Å². The molecule has 14 heteroatoms. The minimum atomic E-state index is -2.81. The van der Waals surface area contributed by atoms with E-state index < -0.39 is 6.43 Å². The number of morpholine rings is 1. The van der Waals surface area contributed by atoms with Crippen LogP contribution in [0, 0.1) is 0 Å². The molecule has 0 unspecified atom stereocenters. The van der Waals surface area contributed by atoms with Crippen molar-refractivity contribution < 1.29 is 18.3 Å². The molecule has 42 heavy (non-hydrogen) atoms. The van der Waals surface area contributed by atoms with Crippen molar-refractivity contribution in [2.24, 2.45) is 0 Å². The van der Waals surface area contributed by atoms with Crippen molar-refractivity contribution >= 4 is 34.2 Å². The summed E-state index contributed by atoms with van der Waals surface area (Å²) in [6, 6.07) is 7.21. The molecule has 0 saturated carbocycles. The molecule has 1 aromatic carbocycles. The summed E-state index contributed by atoms with van der Waals surface area (Å²) in [5.74, 6) is 0.351. The molecule has 3 aliphatic rings. The van der Waals surface area contributed by atoms with E-state index >= 15 is 0 Å². The third-order valence-electron chi connectivity index (χ3n) is 8.58. The number of likely N-dealkylation sites (N-methyl/N-ethyl adjacent to an activating group) is 1. The van der Waals surface area contributed by atoms with Gasteiger partial charge in [-0.1, -0.05) is 12.1 Å². The van der Waals surface area contributed by atoms with Crippen LogP contribution in [-0.2, 0) is 4.74 Å². The lowest BCUT2D eigenvalue weighted by Gasteiger charge is -2.39. The number of hydrogen-bond acceptors (Lipinski definition) is 8. The first kappa shape index (κ1) is 27.0. The van der Waals surface area contributed by atoms with Crippen molar-refractivity contribution in [2.75, 3.05) is 77.5 Å². The Hall–Kier alpha value is -3.91. The van der Waals surface area contributed by atoms with E-state index in [-0.39, 0.29) is 23.7 Å². The van der Waals surface area contributed by atoms with Crippen molar-refractivity contribution in [1.29, 1.82) is 0 Å². The van der Waals surface area contributed by atoms with E-state index in [9.17, 15) is 13.6 Å². The van der Waals surface area contributed by atoms with E-state index in [0.717, 1.165) is 39.0 Å². The molecule has 3 fully saturated rings. The van der Waals surface area contributed by atoms with Crippen LogP contribution in [0.25, 0.3) is 28.0 Å². The predicted molar refractivity (Wildman–Crippen MR) is 152 cm³/mol. The highest BCUT2D eigenvalue weighted by Gasteiger charge is 2.31. The molecule has 0 radical (unpaired) electrons. The number of amides is 2. The van der Waals surface area contributed by atoms with Gasteiger partial charge in [-0.05, 0) is 32.0 Å². The van der Waals surface area contributed by atoms with Crippen molar-refractivity contribution in [3.8, 4) is 5.82 Å². The molecule has 2 amide bonds. The third-order valence-corrected chi connectivity index (χ3v) is 8.58. The fourth-order valence-corrected chi connectivity index (χ4v) is 6.16. The van der Waals surface area contributed by atoms with E-state index in [1.54, 1.807) is 30.6 Å². The van der Waals surface area contributed by atoms with Gasteiger partial charge in [-0.3, -0.25) is 4.57 Å². The molecule has 7 rings (SSSR count). The van der Waals surface area contributed by atoms with Crippen molar-refractivity contribution in [1.82, 2.24) is 43.8 Å². The highest BCUT2D eigenvalue weighted by Crippen LogP contribution is 2.33. The SMILES string of the molecule is CN1CCN(C(=O)N2CCC(n3cnc4c(-n5c(C(F)F)nc6ccccc65)nc(N5CCOCC5)nc43)CC2)CC1. The molecule has 3 saturated heterocycles. The van der Waals surface area contributed by atoms with Crippen LogP contribution in [-0.4, -0.2) is 122 Å². The number of benzene rings is 1. The van der Waals surface area contributed by atoms with Gasteiger partial charge in [0.2, 0.25) is 5.95 Å². The Morgan fingerprint density at radius 3 is 2.38 bits per heavy atom. The van der Waals surface area contributed by atoms with Crippen LogP contribution < -0.4 is 4.90 Å². The number of likely N-dealkylation sites (tertiary alicyclic amines) is 1. The second kappa shape index (κ2) is 11.1. The Bertz CT molecular complexity index is 1580. The molecule has 222 valence electrons. The summed E-state index contributed by atoms with van der Waals surface area (Å²) >= 11 is 0. The molecule has 0 N–H and O–H groups in total. The number of piperidine rings is 1. The Balaban J connectivity index is 1.25. The van der Waals surface area contributed by atoms with Crippen molar-refractivity contribution in [3.05, 3.63) is 36.4 Å². The van der Waals surface area contributed by atoms with Crippen LogP contribution in [0.5, 0.6) is 0 Å². The van der Waals surface area contributed by atoms with Gasteiger partial charge in [0.05, 0.1) is 30.6 Å². The van der Waals surface area contributed by atoms with Crippen LogP contribution in [0.4, 0.5) is 19.5 Å². The zero-order chi connectivity index (χ0) is 28.8. The minimum Gasteiger partial charge on any atom is -0.378 e. The smallest absolute Gasteiger partial charge is 0.320 e. The normalized spacial score (nSPS) is 19.5. The van der Waals surface area contributed by atoms with Crippen LogP contribution in [0.1, 0.15) is 31.1 Å². The second-order valence-corrected chi connectivity index (χ2v) is 11.2. The van der Waals surface area contributed by atoms with Gasteiger partial charge in [-0.15, -0.1) is 0 Å². The Morgan fingerprint density at radius 1 is 0.929 bits per heavy atom. The van der Waals surface area contributed by atoms with E-state index in [0.29, 0.717) is 67.5 Å². The van der Waals surface area contributed by atoms with Crippen LogP contribution in [0.15, 0.2) is 30.6 Å². The molecule has 3 aromatic heterocycles. The molecule has 3 aliphatic heterocycles. The number of rotatable bonds is 4. The number of urea groups is 1. The summed E-state index contributed by atoms with van der Waals surface area (Å²) in [7, 11) is 2.08. The number of fused-ring (bicyclic) bond motifs is 2. The third kappa shape index (κ3) is 4.81. The topological polar surface area (TPSA) is 101 Å². The van der Waals surface area contributed by atoms with Gasteiger partial charge >= 0.3 is 6.03 Å². The number of piperazine rings is 1. The van der Waals surface area contributed by atoms with Crippen LogP contribution in [0.2, 0.25) is 0 Å². The number of ether oxygens (including phenoxy) is 1. The standard InChI is InChI=1S/C28H34F2N10O2/c1-35-10-12-38(13-11-35)28(41)37-8-6-19(7-9-37)39-18-31-22-24(39)33-27(36-14-16-42-17-15-36)34-25(22)40-21-5-3-2-4-20(21)32-26(40)23(29)30/h2-5,18-19,23H,6-17H2,1H3. The first-order chi connectivity index (χ1) is 20.5. The van der Waals surface area contributed by atoms with Crippen LogP contribution >= 0.6 is 0 Å². The first-order valence-electron chi connectivity index (χ1n) is 14.5. The number of anilines is 1. The maximum atomic E-state index is 14.3. The highest BCUT2D eigenvalue weighted by atomic mass is 19.3. The zero-order valence-electron chi connectivity index (χ0n) is 23.6. The molecule has 0 atom stereocenters. The van der Waals surface area contributed by atoms with Gasteiger partial charge in [0.1, 0.15) is 0 Å². The van der Waals surface area contributed by atoms with E-state index in [1.165, 1.54) is 4.57 Å². The lowest BCUT2D eigenvalue weighted by Crippen LogP contribution is -2.53. The number of aromatic nitrogens is 6.